The van der Waals surface area contributed by atoms with Gasteiger partial charge in [0.15, 0.2) is 0 Å². The van der Waals surface area contributed by atoms with Gasteiger partial charge in [0.25, 0.3) is 0 Å². The molecule has 0 radical (unpaired) electrons. The van der Waals surface area contributed by atoms with Crippen LogP contribution < -0.4 is 14.8 Å². The van der Waals surface area contributed by atoms with Crippen LogP contribution in [-0.4, -0.2) is 38.0 Å². The summed E-state index contributed by atoms with van der Waals surface area (Å²) in [7, 11) is 1.79. The van der Waals surface area contributed by atoms with Gasteiger partial charge in [-0.05, 0) is 26.1 Å². The van der Waals surface area contributed by atoms with Crippen LogP contribution in [0.2, 0.25) is 0 Å². The van der Waals surface area contributed by atoms with Gasteiger partial charge >= 0.3 is 0 Å². The van der Waals surface area contributed by atoms with E-state index in [1.54, 1.807) is 7.05 Å². The minimum Gasteiger partial charge on any atom is -0.494 e. The van der Waals surface area contributed by atoms with E-state index >= 15 is 0 Å². The molecule has 0 saturated heterocycles. The van der Waals surface area contributed by atoms with E-state index in [4.69, 9.17) is 9.47 Å². The van der Waals surface area contributed by atoms with E-state index < -0.39 is 6.10 Å². The first kappa shape index (κ1) is 12.8. The topological polar surface area (TPSA) is 50.7 Å². The highest BCUT2D eigenvalue weighted by Gasteiger charge is 2.04. The highest BCUT2D eigenvalue weighted by molar-refractivity contribution is 5.32. The molecular formula is C12H19NO3. The van der Waals surface area contributed by atoms with Crippen molar-refractivity contribution >= 4 is 0 Å². The van der Waals surface area contributed by atoms with Gasteiger partial charge in [-0.2, -0.15) is 0 Å². The number of hydrogen-bond donors (Lipinski definition) is 2. The van der Waals surface area contributed by atoms with Crippen molar-refractivity contribution in [2.45, 2.75) is 13.0 Å². The lowest BCUT2D eigenvalue weighted by Gasteiger charge is -2.12. The Balaban J connectivity index is 2.44. The summed E-state index contributed by atoms with van der Waals surface area (Å²) in [5, 5.41) is 12.3. The third-order valence-corrected chi connectivity index (χ3v) is 2.00. The molecule has 0 fully saturated rings. The van der Waals surface area contributed by atoms with Crippen molar-refractivity contribution in [2.24, 2.45) is 0 Å². The number of aliphatic hydroxyl groups is 1. The zero-order valence-electron chi connectivity index (χ0n) is 9.77. The minimum atomic E-state index is -0.499. The third-order valence-electron chi connectivity index (χ3n) is 2.00. The number of benzene rings is 1. The van der Waals surface area contributed by atoms with E-state index in [1.807, 2.05) is 31.2 Å². The van der Waals surface area contributed by atoms with Gasteiger partial charge < -0.3 is 19.9 Å². The van der Waals surface area contributed by atoms with Crippen molar-refractivity contribution in [3.05, 3.63) is 24.3 Å². The summed E-state index contributed by atoms with van der Waals surface area (Å²) in [5.41, 5.74) is 0. The Morgan fingerprint density at radius 3 is 2.62 bits per heavy atom. The van der Waals surface area contributed by atoms with E-state index in [2.05, 4.69) is 5.32 Å². The molecule has 0 aliphatic rings. The normalized spacial score (nSPS) is 12.2. The minimum absolute atomic E-state index is 0.274. The van der Waals surface area contributed by atoms with Crippen molar-refractivity contribution in [3.63, 3.8) is 0 Å². The van der Waals surface area contributed by atoms with Crippen molar-refractivity contribution in [2.75, 3.05) is 26.8 Å². The molecule has 1 unspecified atom stereocenters. The summed E-state index contributed by atoms with van der Waals surface area (Å²) in [6.45, 7) is 3.36. The van der Waals surface area contributed by atoms with Crippen LogP contribution in [0.3, 0.4) is 0 Å². The van der Waals surface area contributed by atoms with E-state index in [1.165, 1.54) is 0 Å². The Morgan fingerprint density at radius 2 is 2.00 bits per heavy atom. The fourth-order valence-corrected chi connectivity index (χ4v) is 1.31. The molecule has 90 valence electrons. The summed E-state index contributed by atoms with van der Waals surface area (Å²) in [4.78, 5) is 0. The van der Waals surface area contributed by atoms with Crippen molar-refractivity contribution in [1.29, 1.82) is 0 Å². The molecule has 0 heterocycles. The van der Waals surface area contributed by atoms with Gasteiger partial charge in [-0.1, -0.05) is 6.07 Å². The molecule has 1 atom stereocenters. The van der Waals surface area contributed by atoms with Gasteiger partial charge in [0.2, 0.25) is 0 Å². The van der Waals surface area contributed by atoms with Crippen molar-refractivity contribution in [3.8, 4) is 11.5 Å². The van der Waals surface area contributed by atoms with Crippen LogP contribution in [0.1, 0.15) is 6.92 Å². The first-order chi connectivity index (χ1) is 7.76. The summed E-state index contributed by atoms with van der Waals surface area (Å²) < 4.78 is 10.8. The van der Waals surface area contributed by atoms with E-state index in [-0.39, 0.29) is 6.61 Å². The predicted molar refractivity (Wildman–Crippen MR) is 63.0 cm³/mol. The molecule has 4 nitrogen and oxygen atoms in total. The maximum absolute atomic E-state index is 9.46. The number of ether oxygens (including phenoxy) is 2. The maximum Gasteiger partial charge on any atom is 0.123 e. The number of rotatable bonds is 7. The average molecular weight is 225 g/mol. The van der Waals surface area contributed by atoms with Crippen molar-refractivity contribution in [1.82, 2.24) is 5.32 Å². The first-order valence-corrected chi connectivity index (χ1v) is 5.44. The molecule has 16 heavy (non-hydrogen) atoms. The Labute approximate surface area is 96.2 Å². The largest absolute Gasteiger partial charge is 0.494 e. The third kappa shape index (κ3) is 4.51. The first-order valence-electron chi connectivity index (χ1n) is 5.44. The molecule has 4 heteroatoms. The smallest absolute Gasteiger partial charge is 0.123 e. The van der Waals surface area contributed by atoms with E-state index in [9.17, 15) is 5.11 Å². The quantitative estimate of drug-likeness (QED) is 0.728. The number of likely N-dealkylation sites (N-methyl/N-ethyl adjacent to an activating group) is 1. The molecule has 0 aliphatic carbocycles. The second-order valence-corrected chi connectivity index (χ2v) is 3.43. The predicted octanol–water partition coefficient (Wildman–Crippen LogP) is 1.04. The summed E-state index contributed by atoms with van der Waals surface area (Å²) in [6, 6.07) is 7.40. The average Bonchev–Trinajstić information content (AvgIpc) is 2.28. The Morgan fingerprint density at radius 1 is 1.31 bits per heavy atom. The van der Waals surface area contributed by atoms with Gasteiger partial charge in [-0.3, -0.25) is 0 Å². The molecule has 0 aromatic heterocycles. The number of hydrogen-bond acceptors (Lipinski definition) is 4. The van der Waals surface area contributed by atoms with Crippen LogP contribution in [0.25, 0.3) is 0 Å². The molecule has 0 amide bonds. The molecule has 2 N–H and O–H groups in total. The molecule has 0 spiro atoms. The van der Waals surface area contributed by atoms with Gasteiger partial charge in [0.1, 0.15) is 24.2 Å². The molecule has 0 bridgehead atoms. The monoisotopic (exact) mass is 225 g/mol. The van der Waals surface area contributed by atoms with Crippen molar-refractivity contribution < 1.29 is 14.6 Å². The second kappa shape index (κ2) is 7.09. The molecule has 1 rings (SSSR count). The standard InChI is InChI=1S/C12H19NO3/c1-3-15-11-5-4-6-12(7-11)16-9-10(14)8-13-2/h4-7,10,13-14H,3,8-9H2,1-2H3. The fourth-order valence-electron chi connectivity index (χ4n) is 1.31. The maximum atomic E-state index is 9.46. The Hall–Kier alpha value is -1.26. The van der Waals surface area contributed by atoms with E-state index in [0.29, 0.717) is 18.9 Å². The van der Waals surface area contributed by atoms with Gasteiger partial charge in [-0.15, -0.1) is 0 Å². The molecule has 1 aromatic rings. The highest BCUT2D eigenvalue weighted by atomic mass is 16.5. The summed E-state index contributed by atoms with van der Waals surface area (Å²) in [6.07, 6.45) is -0.499. The lowest BCUT2D eigenvalue weighted by atomic mass is 10.3. The van der Waals surface area contributed by atoms with E-state index in [0.717, 1.165) is 5.75 Å². The van der Waals surface area contributed by atoms with Gasteiger partial charge in [0, 0.05) is 12.6 Å². The van der Waals surface area contributed by atoms with Crippen LogP contribution in [0.4, 0.5) is 0 Å². The summed E-state index contributed by atoms with van der Waals surface area (Å²) >= 11 is 0. The SMILES string of the molecule is CCOc1cccc(OCC(O)CNC)c1. The number of aliphatic hydroxyl groups excluding tert-OH is 1. The summed E-state index contributed by atoms with van der Waals surface area (Å²) in [5.74, 6) is 1.49. The zero-order valence-corrected chi connectivity index (χ0v) is 9.77. The molecule has 0 saturated carbocycles. The van der Waals surface area contributed by atoms with Crippen LogP contribution in [0.15, 0.2) is 24.3 Å². The van der Waals surface area contributed by atoms with Crippen LogP contribution in [0, 0.1) is 0 Å². The fraction of sp³-hybridized carbons (Fsp3) is 0.500. The second-order valence-electron chi connectivity index (χ2n) is 3.43. The van der Waals surface area contributed by atoms with Gasteiger partial charge in [-0.25, -0.2) is 0 Å². The molecular weight excluding hydrogens is 206 g/mol. The highest BCUT2D eigenvalue weighted by Crippen LogP contribution is 2.19. The van der Waals surface area contributed by atoms with Crippen LogP contribution >= 0.6 is 0 Å². The van der Waals surface area contributed by atoms with Crippen LogP contribution in [-0.2, 0) is 0 Å². The number of nitrogens with one attached hydrogen (secondary N) is 1. The molecule has 0 aliphatic heterocycles. The molecule has 1 aromatic carbocycles. The lowest BCUT2D eigenvalue weighted by Crippen LogP contribution is -2.29. The Bertz CT molecular complexity index is 304. The van der Waals surface area contributed by atoms with Crippen LogP contribution in [0.5, 0.6) is 11.5 Å². The Kier molecular flexibility index (Phi) is 5.67. The lowest BCUT2D eigenvalue weighted by molar-refractivity contribution is 0.108. The zero-order chi connectivity index (χ0) is 11.8. The van der Waals surface area contributed by atoms with Gasteiger partial charge in [0.05, 0.1) is 6.61 Å².